The van der Waals surface area contributed by atoms with E-state index in [2.05, 4.69) is 16.9 Å². The zero-order valence-electron chi connectivity index (χ0n) is 11.8. The number of aliphatic imine (C=N–C) groups is 1. The first-order valence-corrected chi connectivity index (χ1v) is 7.45. The van der Waals surface area contributed by atoms with E-state index in [0.717, 1.165) is 29.9 Å². The molecule has 2 aromatic rings. The summed E-state index contributed by atoms with van der Waals surface area (Å²) in [6.07, 6.45) is 2.32. The van der Waals surface area contributed by atoms with Crippen molar-refractivity contribution in [2.75, 3.05) is 11.4 Å². The van der Waals surface area contributed by atoms with Crippen LogP contribution >= 0.6 is 11.3 Å². The van der Waals surface area contributed by atoms with Gasteiger partial charge in [0.1, 0.15) is 0 Å². The van der Waals surface area contributed by atoms with Gasteiger partial charge in [-0.3, -0.25) is 5.41 Å². The summed E-state index contributed by atoms with van der Waals surface area (Å²) in [7, 11) is 0. The van der Waals surface area contributed by atoms with E-state index < -0.39 is 0 Å². The molecule has 0 aliphatic carbocycles. The number of nitrogens with one attached hydrogen (secondary N) is 1. The van der Waals surface area contributed by atoms with Crippen molar-refractivity contribution in [3.05, 3.63) is 29.6 Å². The van der Waals surface area contributed by atoms with Gasteiger partial charge in [-0.2, -0.15) is 4.99 Å². The first-order valence-electron chi connectivity index (χ1n) is 6.57. The van der Waals surface area contributed by atoms with E-state index in [4.69, 9.17) is 16.9 Å². The van der Waals surface area contributed by atoms with Gasteiger partial charge in [0.05, 0.1) is 12.0 Å². The number of thiazole rings is 1. The molecule has 6 nitrogen and oxygen atoms in total. The van der Waals surface area contributed by atoms with Crippen molar-refractivity contribution in [3.63, 3.8) is 0 Å². The predicted octanol–water partition coefficient (Wildman–Crippen LogP) is 2.54. The van der Waals surface area contributed by atoms with Crippen molar-refractivity contribution < 1.29 is 0 Å². The van der Waals surface area contributed by atoms with E-state index in [-0.39, 0.29) is 5.96 Å². The van der Waals surface area contributed by atoms with Crippen molar-refractivity contribution in [1.82, 2.24) is 4.98 Å². The van der Waals surface area contributed by atoms with Crippen LogP contribution in [0.4, 0.5) is 10.8 Å². The molecule has 0 bridgehead atoms. The fourth-order valence-corrected chi connectivity index (χ4v) is 2.63. The Morgan fingerprint density at radius 2 is 2.29 bits per heavy atom. The molecule has 110 valence electrons. The Kier molecular flexibility index (Phi) is 4.89. The Labute approximate surface area is 127 Å². The summed E-state index contributed by atoms with van der Waals surface area (Å²) in [6, 6.07) is 7.92. The van der Waals surface area contributed by atoms with Crippen molar-refractivity contribution in [3.8, 4) is 11.3 Å². The van der Waals surface area contributed by atoms with Crippen LogP contribution in [0.25, 0.3) is 11.3 Å². The normalized spacial score (nSPS) is 10.1. The summed E-state index contributed by atoms with van der Waals surface area (Å²) in [5.74, 6) is 0.00239. The topological polar surface area (TPSA) is 104 Å². The molecule has 0 amide bonds. The highest BCUT2D eigenvalue weighted by Crippen LogP contribution is 2.29. The van der Waals surface area contributed by atoms with Gasteiger partial charge in [0, 0.05) is 23.2 Å². The SMILES string of the molecule is CCCN(C=N)c1cccc(-c2csc(N=C(N)N)n2)c1. The van der Waals surface area contributed by atoms with Crippen LogP contribution in [-0.2, 0) is 0 Å². The van der Waals surface area contributed by atoms with Gasteiger partial charge in [0.2, 0.25) is 5.13 Å². The summed E-state index contributed by atoms with van der Waals surface area (Å²) >= 11 is 1.39. The van der Waals surface area contributed by atoms with E-state index in [1.807, 2.05) is 34.5 Å². The van der Waals surface area contributed by atoms with Crippen LogP contribution in [0.15, 0.2) is 34.6 Å². The molecule has 0 spiro atoms. The molecule has 0 saturated carbocycles. The highest BCUT2D eigenvalue weighted by molar-refractivity contribution is 7.13. The summed E-state index contributed by atoms with van der Waals surface area (Å²) in [5.41, 5.74) is 13.5. The Bertz CT molecular complexity index is 644. The molecular formula is C14H18N6S. The van der Waals surface area contributed by atoms with Gasteiger partial charge in [-0.05, 0) is 18.6 Å². The van der Waals surface area contributed by atoms with Crippen molar-refractivity contribution >= 4 is 34.5 Å². The zero-order chi connectivity index (χ0) is 15.2. The fraction of sp³-hybridized carbons (Fsp3) is 0.214. The van der Waals surface area contributed by atoms with Crippen LogP contribution in [0, 0.1) is 5.41 Å². The standard InChI is InChI=1S/C14H18N6S/c1-2-6-20(9-15)11-5-3-4-10(7-11)12-8-21-14(18-12)19-13(16)17/h3-5,7-9,15H,2,6H2,1H3,(H4,16,17,18,19). The molecule has 0 fully saturated rings. The van der Waals surface area contributed by atoms with Crippen molar-refractivity contribution in [1.29, 1.82) is 5.41 Å². The van der Waals surface area contributed by atoms with Crippen LogP contribution in [-0.4, -0.2) is 23.8 Å². The largest absolute Gasteiger partial charge is 0.370 e. The molecule has 1 heterocycles. The van der Waals surface area contributed by atoms with Crippen LogP contribution in [0.3, 0.4) is 0 Å². The summed E-state index contributed by atoms with van der Waals surface area (Å²) < 4.78 is 0. The molecule has 7 heteroatoms. The molecule has 0 radical (unpaired) electrons. The van der Waals surface area contributed by atoms with E-state index in [1.165, 1.54) is 17.7 Å². The quantitative estimate of drug-likeness (QED) is 0.563. The maximum Gasteiger partial charge on any atom is 0.212 e. The second-order valence-electron chi connectivity index (χ2n) is 4.42. The van der Waals surface area contributed by atoms with Gasteiger partial charge in [-0.25, -0.2) is 4.98 Å². The van der Waals surface area contributed by atoms with Crippen molar-refractivity contribution in [2.45, 2.75) is 13.3 Å². The van der Waals surface area contributed by atoms with Gasteiger partial charge < -0.3 is 16.4 Å². The van der Waals surface area contributed by atoms with Gasteiger partial charge in [-0.15, -0.1) is 11.3 Å². The maximum atomic E-state index is 7.50. The van der Waals surface area contributed by atoms with Crippen LogP contribution < -0.4 is 16.4 Å². The Balaban J connectivity index is 2.30. The molecule has 0 aliphatic heterocycles. The molecule has 1 aromatic carbocycles. The van der Waals surface area contributed by atoms with Gasteiger partial charge in [0.15, 0.2) is 5.96 Å². The predicted molar refractivity (Wildman–Crippen MR) is 89.4 cm³/mol. The Morgan fingerprint density at radius 1 is 1.48 bits per heavy atom. The number of nitrogens with zero attached hydrogens (tertiary/aromatic N) is 3. The molecule has 0 unspecified atom stereocenters. The molecule has 0 atom stereocenters. The number of nitrogens with two attached hydrogens (primary N) is 2. The lowest BCUT2D eigenvalue weighted by atomic mass is 10.1. The lowest BCUT2D eigenvalue weighted by Crippen LogP contribution is -2.21. The van der Waals surface area contributed by atoms with Gasteiger partial charge in [-0.1, -0.05) is 19.1 Å². The lowest BCUT2D eigenvalue weighted by molar-refractivity contribution is 0.908. The van der Waals surface area contributed by atoms with Crippen molar-refractivity contribution in [2.24, 2.45) is 16.5 Å². The molecule has 0 saturated heterocycles. The van der Waals surface area contributed by atoms with E-state index in [9.17, 15) is 0 Å². The highest BCUT2D eigenvalue weighted by Gasteiger charge is 2.07. The fourth-order valence-electron chi connectivity index (χ4n) is 1.91. The first-order chi connectivity index (χ1) is 10.1. The summed E-state index contributed by atoms with van der Waals surface area (Å²) in [4.78, 5) is 10.2. The second kappa shape index (κ2) is 6.85. The highest BCUT2D eigenvalue weighted by atomic mass is 32.1. The minimum Gasteiger partial charge on any atom is -0.370 e. The molecule has 2 rings (SSSR count). The maximum absolute atomic E-state index is 7.50. The molecular weight excluding hydrogens is 284 g/mol. The van der Waals surface area contributed by atoms with Crippen LogP contribution in [0.2, 0.25) is 0 Å². The number of rotatable bonds is 6. The molecule has 5 N–H and O–H groups in total. The minimum absolute atomic E-state index is 0.00239. The average Bonchev–Trinajstić information content (AvgIpc) is 2.92. The number of hydrogen-bond acceptors (Lipinski definition) is 4. The van der Waals surface area contributed by atoms with E-state index in [1.54, 1.807) is 0 Å². The Hall–Kier alpha value is -2.41. The smallest absolute Gasteiger partial charge is 0.212 e. The summed E-state index contributed by atoms with van der Waals surface area (Å²) in [6.45, 7) is 2.89. The van der Waals surface area contributed by atoms with Gasteiger partial charge in [0.25, 0.3) is 0 Å². The average molecular weight is 302 g/mol. The Morgan fingerprint density at radius 3 is 2.95 bits per heavy atom. The second-order valence-corrected chi connectivity index (χ2v) is 5.26. The minimum atomic E-state index is 0.00239. The number of benzene rings is 1. The number of aromatic nitrogens is 1. The molecule has 21 heavy (non-hydrogen) atoms. The van der Waals surface area contributed by atoms with Crippen LogP contribution in [0.5, 0.6) is 0 Å². The number of guanidine groups is 1. The van der Waals surface area contributed by atoms with E-state index in [0.29, 0.717) is 5.13 Å². The first kappa shape index (κ1) is 15.0. The lowest BCUT2D eigenvalue weighted by Gasteiger charge is -2.18. The van der Waals surface area contributed by atoms with Gasteiger partial charge >= 0.3 is 0 Å². The number of hydrogen-bond donors (Lipinski definition) is 3. The third-order valence-electron chi connectivity index (χ3n) is 2.81. The van der Waals surface area contributed by atoms with Crippen LogP contribution in [0.1, 0.15) is 13.3 Å². The monoisotopic (exact) mass is 302 g/mol. The zero-order valence-corrected chi connectivity index (χ0v) is 12.6. The third kappa shape index (κ3) is 3.79. The number of anilines is 1. The molecule has 0 aliphatic rings. The summed E-state index contributed by atoms with van der Waals surface area (Å²) in [5, 5.41) is 9.95. The van der Waals surface area contributed by atoms with E-state index >= 15 is 0 Å². The molecule has 1 aromatic heterocycles. The third-order valence-corrected chi connectivity index (χ3v) is 3.55.